The lowest BCUT2D eigenvalue weighted by Gasteiger charge is -2.46. The number of hydrogen-bond donors (Lipinski definition) is 2. The first-order valence-corrected chi connectivity index (χ1v) is 19.7. The number of methoxy groups -OCH3 is 1. The first kappa shape index (κ1) is 37.8. The summed E-state index contributed by atoms with van der Waals surface area (Å²) in [6, 6.07) is 13.3. The lowest BCUT2D eigenvalue weighted by atomic mass is 9.64. The molecule has 1 saturated carbocycles. The Morgan fingerprint density at radius 1 is 1.16 bits per heavy atom. The van der Waals surface area contributed by atoms with Gasteiger partial charge in [-0.05, 0) is 105 Å². The molecule has 11 heteroatoms. The number of benzene rings is 2. The minimum absolute atomic E-state index is 0.106. The van der Waals surface area contributed by atoms with Crippen LogP contribution in [0.1, 0.15) is 91.8 Å². The van der Waals surface area contributed by atoms with E-state index in [2.05, 4.69) is 6.08 Å². The van der Waals surface area contributed by atoms with E-state index in [-0.39, 0.29) is 46.0 Å². The Labute approximate surface area is 298 Å². The highest BCUT2D eigenvalue weighted by Gasteiger charge is 2.58. The van der Waals surface area contributed by atoms with Gasteiger partial charge in [-0.15, -0.1) is 11.3 Å². The third-order valence-corrected chi connectivity index (χ3v) is 14.2. The zero-order chi connectivity index (χ0) is 35.4. The number of rotatable bonds is 11. The summed E-state index contributed by atoms with van der Waals surface area (Å²) in [5.74, 6) is -1.17. The van der Waals surface area contributed by atoms with Crippen LogP contribution in [-0.2, 0) is 27.6 Å². The molecule has 0 saturated heterocycles. The number of aliphatic hydroxyl groups is 2. The number of Topliss-reactive ketones (excluding diaryl/α,β-unsaturated/α-hetero) is 1. The van der Waals surface area contributed by atoms with Gasteiger partial charge >= 0.3 is 0 Å². The first-order valence-electron chi connectivity index (χ1n) is 17.0. The standard InChI is InChI=1S/C38H47ClFNO6S2/c1-26-8-5-17-37(2)32(16-18-38(37,44)25-41(19-7-20-47-3)49(45,46)36-11-6-21-48-36)29-15-13-27(22-28(42)14-12-26)23-30(29)35(43)24-31-33(39)9-4-10-34(31)40/h4,6,8-11,13,15,21,23,28,32,42,44H,5,7,12,14,16-20,22,24-25H2,1-3H3/t28-,32-,37-,38+/m0/s1. The SMILES string of the molecule is COCCCN(C[C@]1(O)CC[C@H]2c3ccc(cc3C(=O)Cc3c(F)cccc3Cl)C[C@@H](O)CCC(C)=CCC[C@@]21C)S(=O)(=O)c1cccs1. The third-order valence-electron chi connectivity index (χ3n) is 10.7. The van der Waals surface area contributed by atoms with Gasteiger partial charge in [0, 0.05) is 54.8 Å². The van der Waals surface area contributed by atoms with Crippen molar-refractivity contribution in [1.82, 2.24) is 4.31 Å². The number of ketones is 1. The van der Waals surface area contributed by atoms with Gasteiger partial charge in [0.1, 0.15) is 10.0 Å². The predicted molar refractivity (Wildman–Crippen MR) is 192 cm³/mol. The summed E-state index contributed by atoms with van der Waals surface area (Å²) in [5, 5.41) is 25.6. The summed E-state index contributed by atoms with van der Waals surface area (Å²) in [6.07, 6.45) is 5.39. The van der Waals surface area contributed by atoms with E-state index in [4.69, 9.17) is 16.3 Å². The van der Waals surface area contributed by atoms with Crippen LogP contribution in [0.3, 0.4) is 0 Å². The zero-order valence-corrected chi connectivity index (χ0v) is 30.8. The molecule has 2 bridgehead atoms. The van der Waals surface area contributed by atoms with Gasteiger partial charge < -0.3 is 14.9 Å². The van der Waals surface area contributed by atoms with Gasteiger partial charge in [-0.25, -0.2) is 12.8 Å². The number of carbonyl (C=O) groups is 1. The van der Waals surface area contributed by atoms with Crippen LogP contribution in [0.5, 0.6) is 0 Å². The molecule has 0 radical (unpaired) electrons. The lowest BCUT2D eigenvalue weighted by molar-refractivity contribution is -0.0727. The Morgan fingerprint density at radius 2 is 1.96 bits per heavy atom. The van der Waals surface area contributed by atoms with E-state index in [0.29, 0.717) is 63.5 Å². The van der Waals surface area contributed by atoms with E-state index in [1.807, 2.05) is 26.0 Å². The number of ether oxygens (including phenoxy) is 1. The number of aliphatic hydroxyl groups excluding tert-OH is 1. The van der Waals surface area contributed by atoms with Crippen molar-refractivity contribution < 1.29 is 32.6 Å². The lowest BCUT2D eigenvalue weighted by Crippen LogP contribution is -2.54. The van der Waals surface area contributed by atoms with Gasteiger partial charge in [0.2, 0.25) is 0 Å². The molecule has 2 N–H and O–H groups in total. The van der Waals surface area contributed by atoms with Crippen LogP contribution in [0.2, 0.25) is 5.02 Å². The molecule has 49 heavy (non-hydrogen) atoms. The zero-order valence-electron chi connectivity index (χ0n) is 28.5. The number of nitrogens with zero attached hydrogens (tertiary/aromatic N) is 1. The number of sulfonamides is 1. The molecule has 3 aromatic rings. The average Bonchev–Trinajstić information content (AvgIpc) is 3.69. The monoisotopic (exact) mass is 731 g/mol. The number of thiophene rings is 1. The normalized spacial score (nSPS) is 24.9. The van der Waals surface area contributed by atoms with Crippen molar-refractivity contribution in [3.8, 4) is 0 Å². The van der Waals surface area contributed by atoms with E-state index >= 15 is 0 Å². The van der Waals surface area contributed by atoms with Crippen molar-refractivity contribution in [3.05, 3.63) is 98.7 Å². The minimum Gasteiger partial charge on any atom is -0.393 e. The van der Waals surface area contributed by atoms with Gasteiger partial charge in [-0.1, -0.05) is 54.4 Å². The molecule has 4 atom stereocenters. The second kappa shape index (κ2) is 15.8. The van der Waals surface area contributed by atoms with Gasteiger partial charge in [0.15, 0.2) is 5.78 Å². The van der Waals surface area contributed by atoms with Gasteiger partial charge in [-0.3, -0.25) is 4.79 Å². The Kier molecular flexibility index (Phi) is 12.2. The molecule has 3 aliphatic carbocycles. The fraction of sp³-hybridized carbons (Fsp3) is 0.500. The van der Waals surface area contributed by atoms with E-state index < -0.39 is 33.0 Å². The van der Waals surface area contributed by atoms with Crippen LogP contribution < -0.4 is 0 Å². The van der Waals surface area contributed by atoms with E-state index in [1.54, 1.807) is 36.8 Å². The van der Waals surface area contributed by atoms with Crippen LogP contribution in [-0.4, -0.2) is 67.2 Å². The molecule has 1 aromatic heterocycles. The molecule has 3 aliphatic rings. The topological polar surface area (TPSA) is 104 Å². The quantitative estimate of drug-likeness (QED) is 0.119. The Hall–Kier alpha value is -2.44. The number of halogens is 2. The molecule has 6 rings (SSSR count). The van der Waals surface area contributed by atoms with Crippen molar-refractivity contribution in [2.75, 3.05) is 26.8 Å². The van der Waals surface area contributed by atoms with Crippen molar-refractivity contribution in [2.24, 2.45) is 5.41 Å². The summed E-state index contributed by atoms with van der Waals surface area (Å²) in [7, 11) is -2.33. The average molecular weight is 732 g/mol. The van der Waals surface area contributed by atoms with E-state index in [0.717, 1.165) is 28.0 Å². The fourth-order valence-corrected chi connectivity index (χ4v) is 10.6. The molecule has 0 amide bonds. The maximum absolute atomic E-state index is 14.9. The maximum atomic E-state index is 14.9. The number of fused-ring (bicyclic) bond motifs is 8. The van der Waals surface area contributed by atoms with Crippen LogP contribution >= 0.6 is 22.9 Å². The van der Waals surface area contributed by atoms with E-state index in [9.17, 15) is 27.8 Å². The smallest absolute Gasteiger partial charge is 0.252 e. The fourth-order valence-electron chi connectivity index (χ4n) is 7.70. The number of hydrogen-bond acceptors (Lipinski definition) is 7. The highest BCUT2D eigenvalue weighted by molar-refractivity contribution is 7.91. The second-order valence-corrected chi connectivity index (χ2v) is 17.4. The molecule has 7 nitrogen and oxygen atoms in total. The van der Waals surface area contributed by atoms with Gasteiger partial charge in [-0.2, -0.15) is 4.31 Å². The molecular weight excluding hydrogens is 685 g/mol. The molecular formula is C38H47ClFNO6S2. The van der Waals surface area contributed by atoms with Crippen LogP contribution in [0.25, 0.3) is 0 Å². The Balaban J connectivity index is 1.60. The summed E-state index contributed by atoms with van der Waals surface area (Å²) in [5.41, 5.74) is 0.930. The molecule has 0 spiro atoms. The highest BCUT2D eigenvalue weighted by atomic mass is 35.5. The second-order valence-electron chi connectivity index (χ2n) is 13.9. The third kappa shape index (κ3) is 8.22. The van der Waals surface area contributed by atoms with Crippen molar-refractivity contribution >= 4 is 38.7 Å². The van der Waals surface area contributed by atoms with Crippen molar-refractivity contribution in [2.45, 2.75) is 93.5 Å². The Morgan fingerprint density at radius 3 is 2.67 bits per heavy atom. The van der Waals surface area contributed by atoms with E-state index in [1.165, 1.54) is 16.4 Å². The van der Waals surface area contributed by atoms with Crippen LogP contribution in [0, 0.1) is 11.2 Å². The van der Waals surface area contributed by atoms with Crippen molar-refractivity contribution in [1.29, 1.82) is 0 Å². The molecule has 2 aromatic carbocycles. The summed E-state index contributed by atoms with van der Waals surface area (Å²) in [4.78, 5) is 14.2. The van der Waals surface area contributed by atoms with Gasteiger partial charge in [0.05, 0.1) is 11.7 Å². The molecule has 1 heterocycles. The van der Waals surface area contributed by atoms with Crippen molar-refractivity contribution in [3.63, 3.8) is 0 Å². The largest absolute Gasteiger partial charge is 0.393 e. The minimum atomic E-state index is -3.91. The Bertz CT molecular complexity index is 1740. The maximum Gasteiger partial charge on any atom is 0.252 e. The highest BCUT2D eigenvalue weighted by Crippen LogP contribution is 2.59. The van der Waals surface area contributed by atoms with Crippen LogP contribution in [0.4, 0.5) is 4.39 Å². The van der Waals surface area contributed by atoms with Crippen LogP contribution in [0.15, 0.2) is 69.8 Å². The number of allylic oxidation sites excluding steroid dienone is 2. The summed E-state index contributed by atoms with van der Waals surface area (Å²) < 4.78 is 49.7. The summed E-state index contributed by atoms with van der Waals surface area (Å²) >= 11 is 7.49. The summed E-state index contributed by atoms with van der Waals surface area (Å²) in [6.45, 7) is 4.51. The molecule has 0 aliphatic heterocycles. The van der Waals surface area contributed by atoms with Gasteiger partial charge in [0.25, 0.3) is 10.0 Å². The number of carbonyl (C=O) groups excluding carboxylic acids is 1. The molecule has 0 unspecified atom stereocenters. The molecule has 1 fully saturated rings. The predicted octanol–water partition coefficient (Wildman–Crippen LogP) is 7.73. The molecule has 266 valence electrons. The first-order chi connectivity index (χ1) is 23.3.